The summed E-state index contributed by atoms with van der Waals surface area (Å²) < 4.78 is 0. The minimum atomic E-state index is -0.126. The van der Waals surface area contributed by atoms with Crippen molar-refractivity contribution in [3.8, 4) is 6.07 Å². The number of carbonyl (C=O) groups is 1. The molecule has 0 spiro atoms. The second-order valence-corrected chi connectivity index (χ2v) is 5.19. The van der Waals surface area contributed by atoms with Gasteiger partial charge in [0.15, 0.2) is 0 Å². The highest BCUT2D eigenvalue weighted by Crippen LogP contribution is 2.27. The molecule has 0 saturated carbocycles. The summed E-state index contributed by atoms with van der Waals surface area (Å²) >= 11 is 0. The minimum Gasteiger partial charge on any atom is -0.354 e. The molecule has 100 valence electrons. The summed E-state index contributed by atoms with van der Waals surface area (Å²) in [7, 11) is 0. The van der Waals surface area contributed by atoms with Gasteiger partial charge in [0.05, 0.1) is 12.0 Å². The van der Waals surface area contributed by atoms with E-state index in [0.29, 0.717) is 6.04 Å². The van der Waals surface area contributed by atoms with Crippen molar-refractivity contribution in [2.24, 2.45) is 5.92 Å². The molecule has 0 bridgehead atoms. The Labute approximate surface area is 109 Å². The number of nitrogens with zero attached hydrogens (tertiary/aromatic N) is 2. The molecule has 2 aliphatic rings. The van der Waals surface area contributed by atoms with Gasteiger partial charge in [-0.3, -0.25) is 9.69 Å². The normalized spacial score (nSPS) is 29.4. The molecular weight excluding hydrogens is 228 g/mol. The van der Waals surface area contributed by atoms with Crippen molar-refractivity contribution in [3.05, 3.63) is 0 Å². The molecule has 0 aromatic heterocycles. The lowest BCUT2D eigenvalue weighted by molar-refractivity contribution is -0.124. The van der Waals surface area contributed by atoms with E-state index in [2.05, 4.69) is 28.5 Å². The van der Waals surface area contributed by atoms with Crippen LogP contribution in [0.25, 0.3) is 0 Å². The molecule has 0 aromatic rings. The van der Waals surface area contributed by atoms with Crippen molar-refractivity contribution in [3.63, 3.8) is 0 Å². The monoisotopic (exact) mass is 250 g/mol. The highest BCUT2D eigenvalue weighted by atomic mass is 16.2. The Morgan fingerprint density at radius 3 is 3.22 bits per heavy atom. The summed E-state index contributed by atoms with van der Waals surface area (Å²) in [5, 5.41) is 15.3. The van der Waals surface area contributed by atoms with Gasteiger partial charge in [-0.25, -0.2) is 0 Å². The fourth-order valence-corrected chi connectivity index (χ4v) is 2.97. The van der Waals surface area contributed by atoms with Gasteiger partial charge < -0.3 is 10.6 Å². The Balaban J connectivity index is 1.91. The van der Waals surface area contributed by atoms with Gasteiger partial charge in [-0.1, -0.05) is 6.92 Å². The zero-order valence-electron chi connectivity index (χ0n) is 11.0. The molecule has 2 fully saturated rings. The standard InChI is InChI=1S/C13H22N4O/c1-2-5-15-10(7-14)9-17-6-3-4-11-12(17)8-16-13(11)18/h10-12,15H,2-6,8-9H2,1H3,(H,16,18). The molecule has 0 aromatic carbocycles. The van der Waals surface area contributed by atoms with Gasteiger partial charge in [-0.2, -0.15) is 5.26 Å². The van der Waals surface area contributed by atoms with Crippen molar-refractivity contribution in [2.45, 2.75) is 38.3 Å². The number of piperidine rings is 1. The van der Waals surface area contributed by atoms with Crippen LogP contribution in [0.1, 0.15) is 26.2 Å². The summed E-state index contributed by atoms with van der Waals surface area (Å²) in [6.07, 6.45) is 3.08. The second-order valence-electron chi connectivity index (χ2n) is 5.19. The van der Waals surface area contributed by atoms with Gasteiger partial charge in [0, 0.05) is 19.1 Å². The second kappa shape index (κ2) is 6.17. The first-order chi connectivity index (χ1) is 8.76. The van der Waals surface area contributed by atoms with Crippen LogP contribution >= 0.6 is 0 Å². The third-order valence-electron chi connectivity index (χ3n) is 3.93. The fraction of sp³-hybridized carbons (Fsp3) is 0.846. The Morgan fingerprint density at radius 2 is 2.50 bits per heavy atom. The maximum atomic E-state index is 11.7. The Bertz CT molecular complexity index is 338. The zero-order chi connectivity index (χ0) is 13.0. The number of likely N-dealkylation sites (tertiary alicyclic amines) is 1. The van der Waals surface area contributed by atoms with Gasteiger partial charge in [0.1, 0.15) is 6.04 Å². The number of carbonyl (C=O) groups excluding carboxylic acids is 1. The van der Waals surface area contributed by atoms with E-state index in [-0.39, 0.29) is 17.9 Å². The van der Waals surface area contributed by atoms with E-state index in [1.807, 2.05) is 0 Å². The molecule has 18 heavy (non-hydrogen) atoms. The first kappa shape index (κ1) is 13.3. The van der Waals surface area contributed by atoms with Crippen molar-refractivity contribution >= 4 is 5.91 Å². The Kier molecular flexibility index (Phi) is 4.56. The molecule has 3 unspecified atom stereocenters. The molecule has 1 amide bonds. The maximum absolute atomic E-state index is 11.7. The molecule has 2 aliphatic heterocycles. The van der Waals surface area contributed by atoms with Crippen LogP contribution in [0.3, 0.4) is 0 Å². The molecule has 5 heteroatoms. The van der Waals surface area contributed by atoms with E-state index in [0.717, 1.165) is 45.4 Å². The largest absolute Gasteiger partial charge is 0.354 e. The third-order valence-corrected chi connectivity index (χ3v) is 3.93. The van der Waals surface area contributed by atoms with Crippen molar-refractivity contribution in [1.82, 2.24) is 15.5 Å². The van der Waals surface area contributed by atoms with Gasteiger partial charge in [-0.15, -0.1) is 0 Å². The third kappa shape index (κ3) is 2.82. The number of fused-ring (bicyclic) bond motifs is 1. The Morgan fingerprint density at radius 1 is 1.67 bits per heavy atom. The van der Waals surface area contributed by atoms with Gasteiger partial charge in [0.25, 0.3) is 0 Å². The van der Waals surface area contributed by atoms with Crippen LogP contribution in [0, 0.1) is 17.2 Å². The lowest BCUT2D eigenvalue weighted by atomic mass is 9.91. The highest BCUT2D eigenvalue weighted by molar-refractivity contribution is 5.82. The quantitative estimate of drug-likeness (QED) is 0.725. The van der Waals surface area contributed by atoms with E-state index in [4.69, 9.17) is 5.26 Å². The van der Waals surface area contributed by atoms with Crippen molar-refractivity contribution < 1.29 is 4.79 Å². The van der Waals surface area contributed by atoms with Gasteiger partial charge in [-0.05, 0) is 32.4 Å². The number of hydrogen-bond donors (Lipinski definition) is 2. The van der Waals surface area contributed by atoms with E-state index in [1.165, 1.54) is 0 Å². The smallest absolute Gasteiger partial charge is 0.224 e. The van der Waals surface area contributed by atoms with Crippen LogP contribution in [0.15, 0.2) is 0 Å². The molecule has 3 atom stereocenters. The summed E-state index contributed by atoms with van der Waals surface area (Å²) in [5.41, 5.74) is 0. The SMILES string of the molecule is CCCNC(C#N)CN1CCCC2C(=O)NCC21. The van der Waals surface area contributed by atoms with E-state index >= 15 is 0 Å². The van der Waals surface area contributed by atoms with E-state index in [1.54, 1.807) is 0 Å². The number of hydrogen-bond acceptors (Lipinski definition) is 4. The maximum Gasteiger partial charge on any atom is 0.224 e. The average Bonchev–Trinajstić information content (AvgIpc) is 2.77. The van der Waals surface area contributed by atoms with Crippen LogP contribution in [-0.2, 0) is 4.79 Å². The van der Waals surface area contributed by atoms with Crippen LogP contribution in [0.5, 0.6) is 0 Å². The van der Waals surface area contributed by atoms with E-state index in [9.17, 15) is 4.79 Å². The average molecular weight is 250 g/mol. The van der Waals surface area contributed by atoms with Gasteiger partial charge in [0.2, 0.25) is 5.91 Å². The number of nitriles is 1. The first-order valence-corrected chi connectivity index (χ1v) is 6.91. The number of amides is 1. The lowest BCUT2D eigenvalue weighted by Gasteiger charge is -2.36. The molecule has 5 nitrogen and oxygen atoms in total. The van der Waals surface area contributed by atoms with Crippen molar-refractivity contribution in [1.29, 1.82) is 5.26 Å². The highest BCUT2D eigenvalue weighted by Gasteiger charge is 2.40. The van der Waals surface area contributed by atoms with Crippen LogP contribution in [0.4, 0.5) is 0 Å². The van der Waals surface area contributed by atoms with Crippen LogP contribution in [0.2, 0.25) is 0 Å². The van der Waals surface area contributed by atoms with Gasteiger partial charge >= 0.3 is 0 Å². The van der Waals surface area contributed by atoms with Crippen molar-refractivity contribution in [2.75, 3.05) is 26.2 Å². The summed E-state index contributed by atoms with van der Waals surface area (Å²) in [6.45, 7) is 5.44. The summed E-state index contributed by atoms with van der Waals surface area (Å²) in [5.74, 6) is 0.337. The predicted octanol–water partition coefficient (Wildman–Crippen LogP) is 0.0886. The number of rotatable bonds is 5. The molecular formula is C13H22N4O. The molecule has 2 saturated heterocycles. The predicted molar refractivity (Wildman–Crippen MR) is 68.8 cm³/mol. The number of nitrogens with one attached hydrogen (secondary N) is 2. The molecule has 2 N–H and O–H groups in total. The molecule has 0 radical (unpaired) electrons. The fourth-order valence-electron chi connectivity index (χ4n) is 2.97. The van der Waals surface area contributed by atoms with Crippen LogP contribution < -0.4 is 10.6 Å². The zero-order valence-corrected chi connectivity index (χ0v) is 11.0. The lowest BCUT2D eigenvalue weighted by Crippen LogP contribution is -2.50. The first-order valence-electron chi connectivity index (χ1n) is 6.91. The van der Waals surface area contributed by atoms with E-state index < -0.39 is 0 Å². The topological polar surface area (TPSA) is 68.2 Å². The van der Waals surface area contributed by atoms with Crippen LogP contribution in [-0.4, -0.2) is 49.1 Å². The summed E-state index contributed by atoms with van der Waals surface area (Å²) in [6, 6.07) is 2.49. The molecule has 0 aliphatic carbocycles. The Hall–Kier alpha value is -1.12. The minimum absolute atomic E-state index is 0.126. The molecule has 2 rings (SSSR count). The molecule has 2 heterocycles. The summed E-state index contributed by atoms with van der Waals surface area (Å²) in [4.78, 5) is 14.0.